The number of benzene rings is 1. The van der Waals surface area contributed by atoms with Crippen LogP contribution in [0.3, 0.4) is 0 Å². The molecule has 2 aromatic rings. The second kappa shape index (κ2) is 16.3. The van der Waals surface area contributed by atoms with Crippen LogP contribution in [0.4, 0.5) is 26.3 Å². The van der Waals surface area contributed by atoms with Crippen LogP contribution in [0.25, 0.3) is 11.4 Å². The summed E-state index contributed by atoms with van der Waals surface area (Å²) in [6.07, 6.45) is -3.62. The van der Waals surface area contributed by atoms with E-state index in [-0.39, 0.29) is 49.1 Å². The summed E-state index contributed by atoms with van der Waals surface area (Å²) in [5, 5.41) is 48.3. The maximum Gasteiger partial charge on any atom is 0.332 e. The van der Waals surface area contributed by atoms with Crippen molar-refractivity contribution in [3.63, 3.8) is 0 Å². The molecule has 0 saturated heterocycles. The molecule has 0 radical (unpaired) electrons. The van der Waals surface area contributed by atoms with Crippen molar-refractivity contribution in [3.05, 3.63) is 29.8 Å². The van der Waals surface area contributed by atoms with E-state index in [9.17, 15) is 39.6 Å². The van der Waals surface area contributed by atoms with Crippen molar-refractivity contribution in [2.45, 2.75) is 52.1 Å². The second-order valence-corrected chi connectivity index (χ2v) is 9.86. The second-order valence-electron chi connectivity index (χ2n) is 9.86. The van der Waals surface area contributed by atoms with Crippen LogP contribution >= 0.6 is 0 Å². The van der Waals surface area contributed by atoms with Crippen molar-refractivity contribution in [1.82, 2.24) is 36.2 Å². The van der Waals surface area contributed by atoms with Gasteiger partial charge in [0.05, 0.1) is 30.0 Å². The molecule has 0 fully saturated rings. The highest BCUT2D eigenvalue weighted by atomic mass is 16.3. The van der Waals surface area contributed by atoms with E-state index in [2.05, 4.69) is 36.2 Å². The summed E-state index contributed by atoms with van der Waals surface area (Å²) in [6.45, 7) is 5.16. The molecule has 236 valence electrons. The number of amides is 7. The quantitative estimate of drug-likeness (QED) is 0.148. The van der Waals surface area contributed by atoms with Crippen molar-refractivity contribution < 1.29 is 39.6 Å². The molecule has 17 nitrogen and oxygen atoms in total. The number of nitrogens with zero attached hydrogens (tertiary/aromatic N) is 5. The standard InChI is InChI=1S/C26H39N9O8/c1-14(36)10-27-21(40)19-9-7-6-8-18(19)20-31-22(34(5)24(41)28-11-15(2)37)33-23(32-20)35(25(42)29-12-16(3)38)26(43)30-13-17(4)39/h6-9,14-17,36-39H,10-13H2,1-5H3,(H,27,40)(H,28,41)(H,29,42)(H,30,43). The Morgan fingerprint density at radius 3 is 1.63 bits per heavy atom. The first-order chi connectivity index (χ1) is 20.2. The van der Waals surface area contributed by atoms with E-state index in [1.807, 2.05) is 0 Å². The van der Waals surface area contributed by atoms with Crippen molar-refractivity contribution in [2.24, 2.45) is 0 Å². The summed E-state index contributed by atoms with van der Waals surface area (Å²) in [7, 11) is 1.30. The van der Waals surface area contributed by atoms with Gasteiger partial charge in [0.15, 0.2) is 5.82 Å². The zero-order valence-electron chi connectivity index (χ0n) is 24.6. The van der Waals surface area contributed by atoms with Crippen molar-refractivity contribution in [3.8, 4) is 11.4 Å². The van der Waals surface area contributed by atoms with Crippen molar-refractivity contribution in [2.75, 3.05) is 43.0 Å². The highest BCUT2D eigenvalue weighted by Gasteiger charge is 2.30. The molecule has 7 amide bonds. The maximum absolute atomic E-state index is 13.2. The number of aliphatic hydroxyl groups excluding tert-OH is 4. The molecule has 1 aromatic carbocycles. The number of nitrogens with one attached hydrogen (secondary N) is 4. The zero-order valence-corrected chi connectivity index (χ0v) is 24.6. The fourth-order valence-corrected chi connectivity index (χ4v) is 3.28. The van der Waals surface area contributed by atoms with Crippen LogP contribution < -0.4 is 31.1 Å². The summed E-state index contributed by atoms with van der Waals surface area (Å²) in [5.74, 6) is -1.67. The third kappa shape index (κ3) is 10.7. The molecule has 1 aromatic heterocycles. The summed E-state index contributed by atoms with van der Waals surface area (Å²) in [4.78, 5) is 66.3. The normalized spacial score (nSPS) is 13.6. The number of hydrogen-bond donors (Lipinski definition) is 8. The summed E-state index contributed by atoms with van der Waals surface area (Å²) < 4.78 is 0. The van der Waals surface area contributed by atoms with Crippen molar-refractivity contribution in [1.29, 1.82) is 0 Å². The van der Waals surface area contributed by atoms with E-state index in [1.54, 1.807) is 12.1 Å². The fraction of sp³-hybridized carbons (Fsp3) is 0.500. The smallest absolute Gasteiger partial charge is 0.332 e. The van der Waals surface area contributed by atoms with Crippen LogP contribution in [-0.2, 0) is 0 Å². The van der Waals surface area contributed by atoms with E-state index >= 15 is 0 Å². The van der Waals surface area contributed by atoms with E-state index < -0.39 is 54.4 Å². The lowest BCUT2D eigenvalue weighted by atomic mass is 10.1. The molecule has 17 heteroatoms. The number of carbonyl (C=O) groups is 4. The minimum atomic E-state index is -1.05. The molecule has 8 N–H and O–H groups in total. The van der Waals surface area contributed by atoms with Crippen LogP contribution in [0.1, 0.15) is 38.1 Å². The van der Waals surface area contributed by atoms with E-state index in [0.717, 1.165) is 4.90 Å². The average molecular weight is 606 g/mol. The van der Waals surface area contributed by atoms with Gasteiger partial charge in [0.2, 0.25) is 11.9 Å². The first kappa shape index (κ1) is 34.7. The molecule has 4 atom stereocenters. The van der Waals surface area contributed by atoms with Crippen LogP contribution in [-0.4, -0.2) is 117 Å². The van der Waals surface area contributed by atoms with Gasteiger partial charge in [-0.05, 0) is 33.8 Å². The number of aliphatic hydroxyl groups is 4. The first-order valence-electron chi connectivity index (χ1n) is 13.4. The fourth-order valence-electron chi connectivity index (χ4n) is 3.28. The SMILES string of the molecule is CC(O)CNC(=O)c1ccccc1-c1nc(N(C)C(=O)NCC(C)O)nc(N(C(=O)NCC(C)O)C(=O)NCC(C)O)n1. The van der Waals surface area contributed by atoms with E-state index in [1.165, 1.54) is 46.9 Å². The predicted molar refractivity (Wildman–Crippen MR) is 155 cm³/mol. The van der Waals surface area contributed by atoms with Gasteiger partial charge < -0.3 is 41.7 Å². The monoisotopic (exact) mass is 605 g/mol. The minimum absolute atomic E-state index is 0.0479. The Labute approximate surface area is 248 Å². The molecule has 0 aliphatic rings. The van der Waals surface area contributed by atoms with Gasteiger partial charge in [-0.25, -0.2) is 14.4 Å². The van der Waals surface area contributed by atoms with Gasteiger partial charge in [-0.2, -0.15) is 19.9 Å². The highest BCUT2D eigenvalue weighted by Crippen LogP contribution is 2.25. The topological polar surface area (TPSA) is 242 Å². The Morgan fingerprint density at radius 2 is 1.12 bits per heavy atom. The van der Waals surface area contributed by atoms with Gasteiger partial charge in [-0.1, -0.05) is 18.2 Å². The van der Waals surface area contributed by atoms with Gasteiger partial charge in [0.25, 0.3) is 5.91 Å². The lowest BCUT2D eigenvalue weighted by Gasteiger charge is -2.23. The molecular formula is C26H39N9O8. The van der Waals surface area contributed by atoms with Crippen molar-refractivity contribution >= 4 is 35.9 Å². The number of anilines is 2. The number of urea groups is 3. The largest absolute Gasteiger partial charge is 0.392 e. The Kier molecular flexibility index (Phi) is 13.1. The number of rotatable bonds is 12. The molecule has 43 heavy (non-hydrogen) atoms. The molecule has 0 spiro atoms. The Hall–Kier alpha value is -4.45. The molecule has 1 heterocycles. The van der Waals surface area contributed by atoms with Gasteiger partial charge in [0, 0.05) is 38.8 Å². The number of aromatic nitrogens is 3. The number of hydrogen-bond acceptors (Lipinski definition) is 11. The predicted octanol–water partition coefficient (Wildman–Crippen LogP) is -0.837. The van der Waals surface area contributed by atoms with Gasteiger partial charge in [-0.3, -0.25) is 9.69 Å². The van der Waals surface area contributed by atoms with Gasteiger partial charge in [-0.15, -0.1) is 0 Å². The Bertz CT molecular complexity index is 1250. The molecule has 0 saturated carbocycles. The first-order valence-corrected chi connectivity index (χ1v) is 13.4. The summed E-state index contributed by atoms with van der Waals surface area (Å²) >= 11 is 0. The summed E-state index contributed by atoms with van der Waals surface area (Å²) in [6, 6.07) is 3.31. The highest BCUT2D eigenvalue weighted by molar-refractivity contribution is 6.12. The molecule has 0 bridgehead atoms. The third-order valence-corrected chi connectivity index (χ3v) is 5.44. The van der Waals surface area contributed by atoms with Gasteiger partial charge in [0.1, 0.15) is 0 Å². The van der Waals surface area contributed by atoms with Gasteiger partial charge >= 0.3 is 18.1 Å². The summed E-state index contributed by atoms with van der Waals surface area (Å²) in [5.41, 5.74) is 0.220. The Morgan fingerprint density at radius 1 is 0.674 bits per heavy atom. The molecule has 0 aliphatic heterocycles. The van der Waals surface area contributed by atoms with Crippen LogP contribution in [0.2, 0.25) is 0 Å². The molecule has 0 aliphatic carbocycles. The Balaban J connectivity index is 2.73. The zero-order chi connectivity index (χ0) is 32.3. The molecule has 2 rings (SSSR count). The number of imide groups is 1. The minimum Gasteiger partial charge on any atom is -0.392 e. The third-order valence-electron chi connectivity index (χ3n) is 5.44. The maximum atomic E-state index is 13.2. The molecule has 4 unspecified atom stereocenters. The van der Waals surface area contributed by atoms with E-state index in [4.69, 9.17) is 0 Å². The number of carbonyl (C=O) groups excluding carboxylic acids is 4. The van der Waals surface area contributed by atoms with E-state index in [0.29, 0.717) is 4.90 Å². The van der Waals surface area contributed by atoms with Crippen LogP contribution in [0.15, 0.2) is 24.3 Å². The average Bonchev–Trinajstić information content (AvgIpc) is 2.95. The van der Waals surface area contributed by atoms with Crippen LogP contribution in [0.5, 0.6) is 0 Å². The lowest BCUT2D eigenvalue weighted by molar-refractivity contribution is 0.0924. The lowest BCUT2D eigenvalue weighted by Crippen LogP contribution is -2.52. The van der Waals surface area contributed by atoms with Crippen LogP contribution in [0, 0.1) is 0 Å². The molecular weight excluding hydrogens is 566 g/mol.